The van der Waals surface area contributed by atoms with Crippen LogP contribution in [0.2, 0.25) is 0 Å². The van der Waals surface area contributed by atoms with Gasteiger partial charge in [-0.25, -0.2) is 4.98 Å². The Hall–Kier alpha value is -2.08. The average molecular weight is 302 g/mol. The van der Waals surface area contributed by atoms with Crippen LogP contribution in [-0.4, -0.2) is 42.0 Å². The van der Waals surface area contributed by atoms with Crippen molar-refractivity contribution in [1.82, 2.24) is 9.88 Å². The van der Waals surface area contributed by atoms with Gasteiger partial charge in [0.25, 0.3) is 5.91 Å². The Morgan fingerprint density at radius 2 is 1.86 bits per heavy atom. The number of hydrogen-bond acceptors (Lipinski definition) is 5. The van der Waals surface area contributed by atoms with Crippen LogP contribution in [0.25, 0.3) is 0 Å². The Morgan fingerprint density at radius 1 is 1.19 bits per heavy atom. The molecule has 1 saturated heterocycles. The highest BCUT2D eigenvalue weighted by molar-refractivity contribution is 7.13. The van der Waals surface area contributed by atoms with Gasteiger partial charge in [0.1, 0.15) is 4.88 Å². The largest absolute Gasteiger partial charge is 0.399 e. The number of carbonyl (C=O) groups is 1. The van der Waals surface area contributed by atoms with Gasteiger partial charge in [0.15, 0.2) is 0 Å². The number of carbonyl (C=O) groups excluding carboxylic acids is 1. The molecule has 1 aromatic heterocycles. The number of piperazine rings is 1. The first kappa shape index (κ1) is 13.9. The van der Waals surface area contributed by atoms with Crippen molar-refractivity contribution in [2.24, 2.45) is 0 Å². The predicted octanol–water partition coefficient (Wildman–Crippen LogP) is 2.00. The van der Waals surface area contributed by atoms with Gasteiger partial charge in [-0.3, -0.25) is 4.79 Å². The van der Waals surface area contributed by atoms with Gasteiger partial charge in [-0.05, 0) is 31.2 Å². The van der Waals surface area contributed by atoms with Crippen LogP contribution in [0.15, 0.2) is 30.5 Å². The van der Waals surface area contributed by atoms with Gasteiger partial charge < -0.3 is 15.5 Å². The monoisotopic (exact) mass is 302 g/mol. The van der Waals surface area contributed by atoms with Crippen molar-refractivity contribution in [2.75, 3.05) is 36.8 Å². The van der Waals surface area contributed by atoms with Crippen molar-refractivity contribution in [2.45, 2.75) is 6.92 Å². The number of nitrogens with two attached hydrogens (primary N) is 1. The number of amides is 1. The Kier molecular flexibility index (Phi) is 3.79. The van der Waals surface area contributed by atoms with Gasteiger partial charge in [0.05, 0.1) is 11.2 Å². The summed E-state index contributed by atoms with van der Waals surface area (Å²) in [4.78, 5) is 21.4. The second-order valence-corrected chi connectivity index (χ2v) is 6.35. The highest BCUT2D eigenvalue weighted by Gasteiger charge is 2.23. The lowest BCUT2D eigenvalue weighted by atomic mass is 10.2. The quantitative estimate of drug-likeness (QED) is 0.862. The normalized spacial score (nSPS) is 15.3. The van der Waals surface area contributed by atoms with Gasteiger partial charge in [0, 0.05) is 37.6 Å². The number of aromatic nitrogens is 1. The zero-order valence-corrected chi connectivity index (χ0v) is 12.8. The number of nitrogen functional groups attached to an aromatic ring is 1. The molecule has 1 fully saturated rings. The molecular weight excluding hydrogens is 284 g/mol. The summed E-state index contributed by atoms with van der Waals surface area (Å²) < 4.78 is 0. The minimum atomic E-state index is 0.0950. The SMILES string of the molecule is Cc1ncc(C(=O)N2CCN(c3ccc(N)cc3)CC2)s1. The van der Waals surface area contributed by atoms with E-state index in [2.05, 4.69) is 9.88 Å². The van der Waals surface area contributed by atoms with Gasteiger partial charge in [-0.2, -0.15) is 0 Å². The molecule has 2 heterocycles. The Morgan fingerprint density at radius 3 is 2.43 bits per heavy atom. The van der Waals surface area contributed by atoms with Crippen LogP contribution in [0.1, 0.15) is 14.7 Å². The molecule has 0 spiro atoms. The van der Waals surface area contributed by atoms with E-state index in [1.54, 1.807) is 6.20 Å². The maximum absolute atomic E-state index is 12.4. The first-order valence-corrected chi connectivity index (χ1v) is 7.77. The lowest BCUT2D eigenvalue weighted by molar-refractivity contribution is 0.0751. The second kappa shape index (κ2) is 5.73. The highest BCUT2D eigenvalue weighted by Crippen LogP contribution is 2.20. The topological polar surface area (TPSA) is 62.5 Å². The number of hydrogen-bond donors (Lipinski definition) is 1. The number of anilines is 2. The molecule has 0 unspecified atom stereocenters. The molecule has 5 nitrogen and oxygen atoms in total. The predicted molar refractivity (Wildman–Crippen MR) is 85.8 cm³/mol. The second-order valence-electron chi connectivity index (χ2n) is 5.11. The van der Waals surface area contributed by atoms with Crippen LogP contribution in [0.5, 0.6) is 0 Å². The molecule has 0 atom stereocenters. The van der Waals surface area contributed by atoms with Crippen LogP contribution in [-0.2, 0) is 0 Å². The fourth-order valence-corrected chi connectivity index (χ4v) is 3.21. The lowest BCUT2D eigenvalue weighted by Crippen LogP contribution is -2.48. The minimum Gasteiger partial charge on any atom is -0.399 e. The number of aryl methyl sites for hydroxylation is 1. The third-order valence-corrected chi connectivity index (χ3v) is 4.56. The summed E-state index contributed by atoms with van der Waals surface area (Å²) in [6.07, 6.45) is 1.68. The molecule has 0 bridgehead atoms. The van der Waals surface area contributed by atoms with Crippen molar-refractivity contribution >= 4 is 28.6 Å². The molecule has 2 N–H and O–H groups in total. The molecule has 3 rings (SSSR count). The van der Waals surface area contributed by atoms with E-state index in [-0.39, 0.29) is 5.91 Å². The summed E-state index contributed by atoms with van der Waals surface area (Å²) in [6, 6.07) is 7.87. The molecule has 6 heteroatoms. The molecule has 21 heavy (non-hydrogen) atoms. The van der Waals surface area contributed by atoms with E-state index < -0.39 is 0 Å². The zero-order valence-electron chi connectivity index (χ0n) is 12.0. The summed E-state index contributed by atoms with van der Waals surface area (Å²) >= 11 is 1.46. The molecular formula is C15H18N4OS. The van der Waals surface area contributed by atoms with Crippen molar-refractivity contribution in [1.29, 1.82) is 0 Å². The molecule has 1 aliphatic heterocycles. The number of thiazole rings is 1. The van der Waals surface area contributed by atoms with Gasteiger partial charge in [0.2, 0.25) is 0 Å². The summed E-state index contributed by atoms with van der Waals surface area (Å²) in [5.41, 5.74) is 7.64. The third kappa shape index (κ3) is 3.00. The molecule has 0 aliphatic carbocycles. The lowest BCUT2D eigenvalue weighted by Gasteiger charge is -2.35. The molecule has 1 amide bonds. The number of rotatable bonds is 2. The molecule has 110 valence electrons. The summed E-state index contributed by atoms with van der Waals surface area (Å²) in [7, 11) is 0. The van der Waals surface area contributed by atoms with Crippen molar-refractivity contribution < 1.29 is 4.79 Å². The average Bonchev–Trinajstić information content (AvgIpc) is 2.94. The van der Waals surface area contributed by atoms with Crippen molar-refractivity contribution in [3.8, 4) is 0 Å². The van der Waals surface area contributed by atoms with E-state index in [0.29, 0.717) is 0 Å². The third-order valence-electron chi connectivity index (χ3n) is 3.66. The Balaban J connectivity index is 1.62. The zero-order chi connectivity index (χ0) is 14.8. The Labute approximate surface area is 128 Å². The summed E-state index contributed by atoms with van der Waals surface area (Å²) in [5.74, 6) is 0.0950. The van der Waals surface area contributed by atoms with E-state index in [9.17, 15) is 4.79 Å². The van der Waals surface area contributed by atoms with E-state index in [1.165, 1.54) is 11.3 Å². The van der Waals surface area contributed by atoms with E-state index >= 15 is 0 Å². The first-order valence-electron chi connectivity index (χ1n) is 6.96. The molecule has 1 aromatic carbocycles. The van der Waals surface area contributed by atoms with E-state index in [4.69, 9.17) is 5.73 Å². The number of nitrogens with zero attached hydrogens (tertiary/aromatic N) is 3. The molecule has 0 saturated carbocycles. The van der Waals surface area contributed by atoms with Crippen molar-refractivity contribution in [3.63, 3.8) is 0 Å². The highest BCUT2D eigenvalue weighted by atomic mass is 32.1. The standard InChI is InChI=1S/C15H18N4OS/c1-11-17-10-14(21-11)15(20)19-8-6-18(7-9-19)13-4-2-12(16)3-5-13/h2-5,10H,6-9,16H2,1H3. The van der Waals surface area contributed by atoms with Crippen LogP contribution >= 0.6 is 11.3 Å². The molecule has 1 aliphatic rings. The molecule has 0 radical (unpaired) electrons. The van der Waals surface area contributed by atoms with E-state index in [1.807, 2.05) is 36.1 Å². The first-order chi connectivity index (χ1) is 10.1. The molecule has 2 aromatic rings. The van der Waals surface area contributed by atoms with E-state index in [0.717, 1.165) is 47.4 Å². The number of benzene rings is 1. The van der Waals surface area contributed by atoms with Gasteiger partial charge >= 0.3 is 0 Å². The summed E-state index contributed by atoms with van der Waals surface area (Å²) in [5, 5.41) is 0.930. The van der Waals surface area contributed by atoms with Gasteiger partial charge in [-0.15, -0.1) is 11.3 Å². The minimum absolute atomic E-state index is 0.0950. The van der Waals surface area contributed by atoms with Crippen LogP contribution in [0.3, 0.4) is 0 Å². The Bertz CT molecular complexity index is 629. The fourth-order valence-electron chi connectivity index (χ4n) is 2.47. The maximum Gasteiger partial charge on any atom is 0.265 e. The van der Waals surface area contributed by atoms with Crippen LogP contribution < -0.4 is 10.6 Å². The van der Waals surface area contributed by atoms with Crippen LogP contribution in [0.4, 0.5) is 11.4 Å². The fraction of sp³-hybridized carbons (Fsp3) is 0.333. The van der Waals surface area contributed by atoms with Gasteiger partial charge in [-0.1, -0.05) is 0 Å². The smallest absolute Gasteiger partial charge is 0.265 e. The van der Waals surface area contributed by atoms with Crippen molar-refractivity contribution in [3.05, 3.63) is 40.3 Å². The summed E-state index contributed by atoms with van der Waals surface area (Å²) in [6.45, 7) is 5.07. The maximum atomic E-state index is 12.4. The van der Waals surface area contributed by atoms with Crippen LogP contribution in [0, 0.1) is 6.92 Å².